The van der Waals surface area contributed by atoms with Crippen LogP contribution in [-0.2, 0) is 11.2 Å². The van der Waals surface area contributed by atoms with Gasteiger partial charge in [0.2, 0.25) is 0 Å². The summed E-state index contributed by atoms with van der Waals surface area (Å²) in [6.07, 6.45) is 1.50. The molecular formula is C15H21NO4. The fourth-order valence-corrected chi connectivity index (χ4v) is 1.91. The number of phenolic OH excluding ortho intramolecular Hbond substituents is 1. The van der Waals surface area contributed by atoms with Crippen LogP contribution in [0.15, 0.2) is 18.2 Å². The first-order valence-corrected chi connectivity index (χ1v) is 6.71. The third-order valence-electron chi connectivity index (χ3n) is 3.06. The first kappa shape index (κ1) is 14.7. The Morgan fingerprint density at radius 2 is 2.05 bits per heavy atom. The van der Waals surface area contributed by atoms with Crippen molar-refractivity contribution in [3.63, 3.8) is 0 Å². The average molecular weight is 279 g/mol. The van der Waals surface area contributed by atoms with Gasteiger partial charge in [0.15, 0.2) is 0 Å². The van der Waals surface area contributed by atoms with Crippen molar-refractivity contribution in [1.29, 1.82) is 0 Å². The van der Waals surface area contributed by atoms with Crippen LogP contribution in [0.4, 0.5) is 10.5 Å². The Balaban J connectivity index is 2.06. The molecule has 5 heteroatoms. The lowest BCUT2D eigenvalue weighted by atomic mass is 10.1. The summed E-state index contributed by atoms with van der Waals surface area (Å²) < 4.78 is 5.14. The number of hydrogen-bond donors (Lipinski definition) is 3. The standard InChI is InChI=1S/C15H21NO4/c1-14(2,3)20-13(18)16-11-8-10(4-5-12(11)17)9-15(19)6-7-15/h4-5,8,17,19H,6-7,9H2,1-3H3,(H,16,18). The summed E-state index contributed by atoms with van der Waals surface area (Å²) in [5.74, 6) is -0.0256. The minimum atomic E-state index is -0.616. The van der Waals surface area contributed by atoms with E-state index in [0.717, 1.165) is 18.4 Å². The Morgan fingerprint density at radius 3 is 2.60 bits per heavy atom. The number of carbonyl (C=O) groups is 1. The van der Waals surface area contributed by atoms with Gasteiger partial charge < -0.3 is 14.9 Å². The lowest BCUT2D eigenvalue weighted by Crippen LogP contribution is -2.27. The number of anilines is 1. The molecule has 2 rings (SSSR count). The molecule has 1 amide bonds. The number of carbonyl (C=O) groups excluding carboxylic acids is 1. The molecule has 1 fully saturated rings. The smallest absolute Gasteiger partial charge is 0.412 e. The van der Waals surface area contributed by atoms with E-state index in [1.54, 1.807) is 32.9 Å². The molecule has 110 valence electrons. The average Bonchev–Trinajstić information content (AvgIpc) is 2.98. The van der Waals surface area contributed by atoms with Gasteiger partial charge in [-0.2, -0.15) is 0 Å². The van der Waals surface area contributed by atoms with E-state index >= 15 is 0 Å². The predicted molar refractivity (Wildman–Crippen MR) is 75.9 cm³/mol. The van der Waals surface area contributed by atoms with Gasteiger partial charge in [0, 0.05) is 6.42 Å². The maximum Gasteiger partial charge on any atom is 0.412 e. The van der Waals surface area contributed by atoms with Gasteiger partial charge in [-0.25, -0.2) is 4.79 Å². The number of aromatic hydroxyl groups is 1. The molecule has 0 spiro atoms. The zero-order chi connectivity index (χ0) is 15.0. The maximum absolute atomic E-state index is 11.7. The van der Waals surface area contributed by atoms with Crippen molar-refractivity contribution < 1.29 is 19.7 Å². The molecule has 0 atom stereocenters. The highest BCUT2D eigenvalue weighted by atomic mass is 16.6. The third kappa shape index (κ3) is 4.13. The number of amides is 1. The molecule has 1 aliphatic rings. The number of phenols is 1. The Hall–Kier alpha value is -1.75. The van der Waals surface area contributed by atoms with Crippen molar-refractivity contribution in [2.45, 2.75) is 51.2 Å². The summed E-state index contributed by atoms with van der Waals surface area (Å²) in [4.78, 5) is 11.7. The molecule has 3 N–H and O–H groups in total. The molecule has 5 nitrogen and oxygen atoms in total. The minimum Gasteiger partial charge on any atom is -0.506 e. The molecule has 0 saturated heterocycles. The number of rotatable bonds is 3. The highest BCUT2D eigenvalue weighted by molar-refractivity contribution is 5.87. The van der Waals surface area contributed by atoms with Crippen molar-refractivity contribution in [3.8, 4) is 5.75 Å². The summed E-state index contributed by atoms with van der Waals surface area (Å²) in [6.45, 7) is 5.31. The lowest BCUT2D eigenvalue weighted by molar-refractivity contribution is 0.0635. The van der Waals surface area contributed by atoms with Gasteiger partial charge in [-0.05, 0) is 51.3 Å². The number of ether oxygens (including phenoxy) is 1. The largest absolute Gasteiger partial charge is 0.506 e. The van der Waals surface area contributed by atoms with E-state index in [1.165, 1.54) is 6.07 Å². The molecule has 1 saturated carbocycles. The van der Waals surface area contributed by atoms with Crippen LogP contribution in [0.1, 0.15) is 39.2 Å². The second-order valence-electron chi connectivity index (χ2n) is 6.38. The van der Waals surface area contributed by atoms with Crippen LogP contribution >= 0.6 is 0 Å². The molecule has 0 aliphatic heterocycles. The zero-order valence-corrected chi connectivity index (χ0v) is 12.1. The van der Waals surface area contributed by atoms with Crippen LogP contribution in [0.25, 0.3) is 0 Å². The maximum atomic E-state index is 11.7. The Kier molecular flexibility index (Phi) is 3.65. The minimum absolute atomic E-state index is 0.0256. The molecule has 0 unspecified atom stereocenters. The monoisotopic (exact) mass is 279 g/mol. The van der Waals surface area contributed by atoms with Gasteiger partial charge in [-0.3, -0.25) is 5.32 Å². The molecule has 0 aromatic heterocycles. The third-order valence-corrected chi connectivity index (χ3v) is 3.06. The van der Waals surface area contributed by atoms with Gasteiger partial charge >= 0.3 is 6.09 Å². The first-order valence-electron chi connectivity index (χ1n) is 6.71. The van der Waals surface area contributed by atoms with E-state index in [0.29, 0.717) is 12.1 Å². The topological polar surface area (TPSA) is 78.8 Å². The Bertz CT molecular complexity index is 515. The van der Waals surface area contributed by atoms with Gasteiger partial charge in [-0.15, -0.1) is 0 Å². The second kappa shape index (κ2) is 4.98. The molecule has 0 bridgehead atoms. The zero-order valence-electron chi connectivity index (χ0n) is 12.1. The van der Waals surface area contributed by atoms with Gasteiger partial charge in [0.05, 0.1) is 11.3 Å². The molecule has 0 radical (unpaired) electrons. The number of benzene rings is 1. The fourth-order valence-electron chi connectivity index (χ4n) is 1.91. The van der Waals surface area contributed by atoms with Crippen LogP contribution in [0.2, 0.25) is 0 Å². The van der Waals surface area contributed by atoms with E-state index < -0.39 is 17.3 Å². The highest BCUT2D eigenvalue weighted by Gasteiger charge is 2.40. The number of hydrogen-bond acceptors (Lipinski definition) is 4. The summed E-state index contributed by atoms with van der Waals surface area (Å²) >= 11 is 0. The Morgan fingerprint density at radius 1 is 1.40 bits per heavy atom. The van der Waals surface area contributed by atoms with Crippen molar-refractivity contribution >= 4 is 11.8 Å². The highest BCUT2D eigenvalue weighted by Crippen LogP contribution is 2.39. The second-order valence-corrected chi connectivity index (χ2v) is 6.38. The van der Waals surface area contributed by atoms with E-state index in [9.17, 15) is 15.0 Å². The Labute approximate surface area is 118 Å². The normalized spacial score (nSPS) is 16.6. The van der Waals surface area contributed by atoms with E-state index in [1.807, 2.05) is 0 Å². The summed E-state index contributed by atoms with van der Waals surface area (Å²) in [5, 5.41) is 22.2. The van der Waals surface area contributed by atoms with Crippen molar-refractivity contribution in [2.75, 3.05) is 5.32 Å². The van der Waals surface area contributed by atoms with Crippen molar-refractivity contribution in [2.24, 2.45) is 0 Å². The van der Waals surface area contributed by atoms with E-state index in [-0.39, 0.29) is 5.75 Å². The number of nitrogens with one attached hydrogen (secondary N) is 1. The van der Waals surface area contributed by atoms with Crippen LogP contribution in [0.5, 0.6) is 5.75 Å². The number of aliphatic hydroxyl groups is 1. The summed E-state index contributed by atoms with van der Waals surface area (Å²) in [6, 6.07) is 4.91. The molecule has 20 heavy (non-hydrogen) atoms. The fraction of sp³-hybridized carbons (Fsp3) is 0.533. The van der Waals surface area contributed by atoms with E-state index in [4.69, 9.17) is 4.74 Å². The van der Waals surface area contributed by atoms with Crippen molar-refractivity contribution in [3.05, 3.63) is 23.8 Å². The predicted octanol–water partition coefficient (Wildman–Crippen LogP) is 2.81. The molecule has 1 aliphatic carbocycles. The first-order chi connectivity index (χ1) is 9.17. The van der Waals surface area contributed by atoms with Gasteiger partial charge in [0.1, 0.15) is 11.4 Å². The molecule has 1 aromatic carbocycles. The molecular weight excluding hydrogens is 258 g/mol. The van der Waals surface area contributed by atoms with Crippen molar-refractivity contribution in [1.82, 2.24) is 0 Å². The quantitative estimate of drug-likeness (QED) is 0.743. The van der Waals surface area contributed by atoms with Crippen LogP contribution in [0, 0.1) is 0 Å². The summed E-state index contributed by atoms with van der Waals surface area (Å²) in [5.41, 5.74) is -0.0458. The van der Waals surface area contributed by atoms with Crippen LogP contribution in [-0.4, -0.2) is 27.5 Å². The SMILES string of the molecule is CC(C)(C)OC(=O)Nc1cc(CC2(O)CC2)ccc1O. The van der Waals surface area contributed by atoms with E-state index in [2.05, 4.69) is 5.32 Å². The molecule has 0 heterocycles. The summed E-state index contributed by atoms with van der Waals surface area (Å²) in [7, 11) is 0. The molecule has 1 aromatic rings. The van der Waals surface area contributed by atoms with Crippen LogP contribution < -0.4 is 5.32 Å². The van der Waals surface area contributed by atoms with Gasteiger partial charge in [0.25, 0.3) is 0 Å². The van der Waals surface area contributed by atoms with Crippen LogP contribution in [0.3, 0.4) is 0 Å². The lowest BCUT2D eigenvalue weighted by Gasteiger charge is -2.20. The van der Waals surface area contributed by atoms with Gasteiger partial charge in [-0.1, -0.05) is 6.07 Å².